The summed E-state index contributed by atoms with van der Waals surface area (Å²) in [5, 5.41) is 0. The van der Waals surface area contributed by atoms with Crippen LogP contribution in [0.2, 0.25) is 0 Å². The largest absolute Gasteiger partial charge is 0.491 e. The number of nitrogens with zero attached hydrogens (tertiary/aromatic N) is 2. The van der Waals surface area contributed by atoms with Crippen molar-refractivity contribution in [2.24, 2.45) is 0 Å². The monoisotopic (exact) mass is 328 g/mol. The average molecular weight is 328 g/mol. The number of epoxide rings is 2. The molecule has 0 bridgehead atoms. The molecule has 1 aromatic carbocycles. The van der Waals surface area contributed by atoms with E-state index in [0.717, 1.165) is 41.7 Å². The van der Waals surface area contributed by atoms with Gasteiger partial charge in [0.25, 0.3) is 0 Å². The molecule has 4 rings (SSSR count). The van der Waals surface area contributed by atoms with Gasteiger partial charge >= 0.3 is 0 Å². The van der Waals surface area contributed by atoms with Crippen molar-refractivity contribution < 1.29 is 18.9 Å². The standard InChI is InChI=1S/C18H20N2O4/c1-11-17(24-10-16-9-23-16)12(2)20-18(19-11)13-3-5-14(6-4-13)21-7-15-8-22-15/h3-6,15-16H,7-10H2,1-2H3. The first-order chi connectivity index (χ1) is 11.7. The first-order valence-corrected chi connectivity index (χ1v) is 8.13. The highest BCUT2D eigenvalue weighted by atomic mass is 16.6. The smallest absolute Gasteiger partial charge is 0.161 e. The minimum atomic E-state index is 0.219. The summed E-state index contributed by atoms with van der Waals surface area (Å²) in [6, 6.07) is 7.80. The maximum Gasteiger partial charge on any atom is 0.161 e. The number of aryl methyl sites for hydroxylation is 2. The van der Waals surface area contributed by atoms with Gasteiger partial charge in [0.2, 0.25) is 0 Å². The van der Waals surface area contributed by atoms with E-state index in [0.29, 0.717) is 19.0 Å². The average Bonchev–Trinajstić information content (AvgIpc) is 3.46. The van der Waals surface area contributed by atoms with E-state index in [-0.39, 0.29) is 12.2 Å². The van der Waals surface area contributed by atoms with Gasteiger partial charge in [-0.25, -0.2) is 9.97 Å². The molecule has 0 radical (unpaired) electrons. The lowest BCUT2D eigenvalue weighted by molar-refractivity contribution is 0.258. The normalized spacial score (nSPS) is 21.4. The molecule has 2 aliphatic heterocycles. The molecule has 0 spiro atoms. The van der Waals surface area contributed by atoms with Crippen LogP contribution in [-0.4, -0.2) is 48.6 Å². The fraction of sp³-hybridized carbons (Fsp3) is 0.444. The number of ether oxygens (including phenoxy) is 4. The second kappa shape index (κ2) is 6.37. The Hall–Kier alpha value is -2.18. The van der Waals surface area contributed by atoms with E-state index in [4.69, 9.17) is 18.9 Å². The minimum Gasteiger partial charge on any atom is -0.491 e. The zero-order valence-corrected chi connectivity index (χ0v) is 13.8. The molecular weight excluding hydrogens is 308 g/mol. The van der Waals surface area contributed by atoms with E-state index in [1.807, 2.05) is 38.1 Å². The summed E-state index contributed by atoms with van der Waals surface area (Å²) in [6.45, 7) is 6.61. The van der Waals surface area contributed by atoms with Crippen LogP contribution in [0.3, 0.4) is 0 Å². The Morgan fingerprint density at radius 2 is 1.46 bits per heavy atom. The van der Waals surface area contributed by atoms with Gasteiger partial charge in [0, 0.05) is 5.56 Å². The predicted octanol–water partition coefficient (Wildman–Crippen LogP) is 2.32. The molecule has 6 heteroatoms. The van der Waals surface area contributed by atoms with Gasteiger partial charge in [-0.3, -0.25) is 0 Å². The van der Waals surface area contributed by atoms with Crippen LogP contribution in [0.1, 0.15) is 11.4 Å². The highest BCUT2D eigenvalue weighted by molar-refractivity contribution is 5.57. The maximum absolute atomic E-state index is 5.78. The molecule has 2 atom stereocenters. The lowest BCUT2D eigenvalue weighted by atomic mass is 10.2. The highest BCUT2D eigenvalue weighted by Gasteiger charge is 2.24. The first-order valence-electron chi connectivity index (χ1n) is 8.13. The van der Waals surface area contributed by atoms with Crippen LogP contribution in [0.25, 0.3) is 11.4 Å². The summed E-state index contributed by atoms with van der Waals surface area (Å²) in [4.78, 5) is 9.16. The Kier molecular flexibility index (Phi) is 4.08. The van der Waals surface area contributed by atoms with E-state index < -0.39 is 0 Å². The van der Waals surface area contributed by atoms with Gasteiger partial charge < -0.3 is 18.9 Å². The van der Waals surface area contributed by atoms with Crippen LogP contribution in [0.4, 0.5) is 0 Å². The number of benzene rings is 1. The molecule has 2 saturated heterocycles. The number of rotatable bonds is 7. The van der Waals surface area contributed by atoms with E-state index in [1.165, 1.54) is 0 Å². The summed E-state index contributed by atoms with van der Waals surface area (Å²) < 4.78 is 21.7. The third-order valence-electron chi connectivity index (χ3n) is 3.97. The highest BCUT2D eigenvalue weighted by Crippen LogP contribution is 2.26. The topological polar surface area (TPSA) is 69.3 Å². The molecule has 0 amide bonds. The number of aromatic nitrogens is 2. The van der Waals surface area contributed by atoms with Crippen LogP contribution in [0.5, 0.6) is 11.5 Å². The van der Waals surface area contributed by atoms with E-state index in [2.05, 4.69) is 9.97 Å². The fourth-order valence-electron chi connectivity index (χ4n) is 2.44. The molecule has 0 aliphatic carbocycles. The molecule has 0 N–H and O–H groups in total. The Morgan fingerprint density at radius 3 is 2.00 bits per heavy atom. The minimum absolute atomic E-state index is 0.219. The second-order valence-corrected chi connectivity index (χ2v) is 6.10. The van der Waals surface area contributed by atoms with Crippen LogP contribution >= 0.6 is 0 Å². The third kappa shape index (κ3) is 3.66. The molecule has 2 fully saturated rings. The fourth-order valence-corrected chi connectivity index (χ4v) is 2.44. The van der Waals surface area contributed by atoms with Gasteiger partial charge in [-0.2, -0.15) is 0 Å². The van der Waals surface area contributed by atoms with Gasteiger partial charge in [0.1, 0.15) is 31.2 Å². The summed E-state index contributed by atoms with van der Waals surface area (Å²) in [5.74, 6) is 2.27. The van der Waals surface area contributed by atoms with Crippen LogP contribution < -0.4 is 9.47 Å². The Morgan fingerprint density at radius 1 is 0.917 bits per heavy atom. The predicted molar refractivity (Wildman–Crippen MR) is 87.4 cm³/mol. The van der Waals surface area contributed by atoms with Crippen molar-refractivity contribution in [2.75, 3.05) is 26.4 Å². The van der Waals surface area contributed by atoms with Crippen LogP contribution in [0, 0.1) is 13.8 Å². The van der Waals surface area contributed by atoms with Crippen LogP contribution in [-0.2, 0) is 9.47 Å². The molecule has 2 aromatic rings. The SMILES string of the molecule is Cc1nc(-c2ccc(OCC3CO3)cc2)nc(C)c1OCC1CO1. The van der Waals surface area contributed by atoms with Gasteiger partial charge in [0.15, 0.2) is 11.6 Å². The molecule has 126 valence electrons. The van der Waals surface area contributed by atoms with Crippen molar-refractivity contribution in [1.82, 2.24) is 9.97 Å². The van der Waals surface area contributed by atoms with E-state index >= 15 is 0 Å². The van der Waals surface area contributed by atoms with Crippen molar-refractivity contribution in [3.63, 3.8) is 0 Å². The number of hydrogen-bond acceptors (Lipinski definition) is 6. The van der Waals surface area contributed by atoms with Crippen molar-refractivity contribution in [2.45, 2.75) is 26.1 Å². The summed E-state index contributed by atoms with van der Waals surface area (Å²) >= 11 is 0. The lowest BCUT2D eigenvalue weighted by Crippen LogP contribution is -2.08. The second-order valence-electron chi connectivity index (χ2n) is 6.10. The van der Waals surface area contributed by atoms with Gasteiger partial charge in [0.05, 0.1) is 24.6 Å². The van der Waals surface area contributed by atoms with Gasteiger partial charge in [-0.15, -0.1) is 0 Å². The van der Waals surface area contributed by atoms with Gasteiger partial charge in [-0.05, 0) is 38.1 Å². The lowest BCUT2D eigenvalue weighted by Gasteiger charge is -2.12. The summed E-state index contributed by atoms with van der Waals surface area (Å²) in [5.41, 5.74) is 2.63. The molecule has 1 aromatic heterocycles. The number of hydrogen-bond donors (Lipinski definition) is 0. The van der Waals surface area contributed by atoms with E-state index in [9.17, 15) is 0 Å². The van der Waals surface area contributed by atoms with Crippen molar-refractivity contribution in [3.8, 4) is 22.9 Å². The molecule has 6 nitrogen and oxygen atoms in total. The Bertz CT molecular complexity index is 701. The molecule has 0 saturated carbocycles. The van der Waals surface area contributed by atoms with Gasteiger partial charge in [-0.1, -0.05) is 0 Å². The van der Waals surface area contributed by atoms with Crippen LogP contribution in [0.15, 0.2) is 24.3 Å². The maximum atomic E-state index is 5.78. The molecule has 2 unspecified atom stereocenters. The van der Waals surface area contributed by atoms with Crippen molar-refractivity contribution >= 4 is 0 Å². The Labute approximate surface area is 140 Å². The van der Waals surface area contributed by atoms with Crippen molar-refractivity contribution in [1.29, 1.82) is 0 Å². The summed E-state index contributed by atoms with van der Waals surface area (Å²) in [6.07, 6.45) is 0.476. The Balaban J connectivity index is 1.47. The molecular formula is C18H20N2O4. The molecule has 2 aliphatic rings. The quantitative estimate of drug-likeness (QED) is 0.727. The van der Waals surface area contributed by atoms with Crippen molar-refractivity contribution in [3.05, 3.63) is 35.7 Å². The molecule has 3 heterocycles. The summed E-state index contributed by atoms with van der Waals surface area (Å²) in [7, 11) is 0. The molecule has 24 heavy (non-hydrogen) atoms. The van der Waals surface area contributed by atoms with E-state index in [1.54, 1.807) is 0 Å². The third-order valence-corrected chi connectivity index (χ3v) is 3.97. The zero-order valence-electron chi connectivity index (χ0n) is 13.8. The zero-order chi connectivity index (χ0) is 16.5. The first kappa shape index (κ1) is 15.4.